The Hall–Kier alpha value is -2.75. The average molecular weight is 297 g/mol. The summed E-state index contributed by atoms with van der Waals surface area (Å²) in [6.07, 6.45) is 1.95. The van der Waals surface area contributed by atoms with Crippen LogP contribution in [0.4, 0.5) is 5.82 Å². The van der Waals surface area contributed by atoms with Crippen molar-refractivity contribution in [1.29, 1.82) is 0 Å². The third-order valence-electron chi connectivity index (χ3n) is 2.60. The van der Waals surface area contributed by atoms with E-state index in [1.54, 1.807) is 0 Å². The van der Waals surface area contributed by atoms with Gasteiger partial charge in [-0.1, -0.05) is 6.58 Å². The Morgan fingerprint density at radius 2 is 2.33 bits per heavy atom. The van der Waals surface area contributed by atoms with Gasteiger partial charge < -0.3 is 26.3 Å². The molecule has 4 N–H and O–H groups in total. The number of hydrogen-bond donors (Lipinski definition) is 3. The minimum atomic E-state index is -1.18. The van der Waals surface area contributed by atoms with Crippen LogP contribution in [0, 0.1) is 10.1 Å². The van der Waals surface area contributed by atoms with Gasteiger partial charge in [-0.3, -0.25) is 9.59 Å². The first-order valence-electron chi connectivity index (χ1n) is 5.94. The second-order valence-electron chi connectivity index (χ2n) is 4.08. The first kappa shape index (κ1) is 16.3. The lowest BCUT2D eigenvalue weighted by Gasteiger charge is -2.10. The number of carboxylic acid groups (broad SMARTS) is 1. The summed E-state index contributed by atoms with van der Waals surface area (Å²) in [6, 6.07) is -1.17. The maximum absolute atomic E-state index is 11.5. The fourth-order valence-electron chi connectivity index (χ4n) is 1.62. The third-order valence-corrected chi connectivity index (χ3v) is 2.60. The number of rotatable bonds is 8. The molecule has 1 atom stereocenters. The highest BCUT2D eigenvalue weighted by atomic mass is 16.6. The number of aliphatic carboxylic acids is 1. The van der Waals surface area contributed by atoms with Gasteiger partial charge in [-0.2, -0.15) is 0 Å². The van der Waals surface area contributed by atoms with Crippen molar-refractivity contribution >= 4 is 23.8 Å². The predicted octanol–water partition coefficient (Wildman–Crippen LogP) is -0.647. The van der Waals surface area contributed by atoms with E-state index in [-0.39, 0.29) is 18.9 Å². The molecular formula is C11H15N5O5. The van der Waals surface area contributed by atoms with E-state index in [0.717, 1.165) is 6.20 Å². The molecule has 1 aromatic heterocycles. The minimum absolute atomic E-state index is 0.0458. The van der Waals surface area contributed by atoms with Crippen molar-refractivity contribution in [3.05, 3.63) is 28.7 Å². The second kappa shape index (κ2) is 7.14. The Morgan fingerprint density at radius 3 is 2.86 bits per heavy atom. The fraction of sp³-hybridized carbons (Fsp3) is 0.364. The van der Waals surface area contributed by atoms with Gasteiger partial charge in [0.05, 0.1) is 19.0 Å². The highest BCUT2D eigenvalue weighted by molar-refractivity contribution is 5.85. The number of nitrogens with one attached hydrogen (secondary N) is 1. The Balaban J connectivity index is 2.62. The monoisotopic (exact) mass is 297 g/mol. The molecule has 10 nitrogen and oxygen atoms in total. The van der Waals surface area contributed by atoms with Gasteiger partial charge in [-0.15, -0.1) is 0 Å². The van der Waals surface area contributed by atoms with E-state index < -0.39 is 29.3 Å². The number of aromatic nitrogens is 2. The van der Waals surface area contributed by atoms with E-state index in [2.05, 4.69) is 16.9 Å². The number of carbonyl (C=O) groups is 2. The van der Waals surface area contributed by atoms with Crippen LogP contribution >= 0.6 is 0 Å². The van der Waals surface area contributed by atoms with Gasteiger partial charge in [0, 0.05) is 0 Å². The van der Waals surface area contributed by atoms with E-state index >= 15 is 0 Å². The SMILES string of the molecule is C=Cc1ncc([N+](=O)[O-])n1CCNC(=O)C(N)CC(=O)O. The Bertz CT molecular complexity index is 567. The number of carboxylic acids is 1. The molecule has 0 bridgehead atoms. The van der Waals surface area contributed by atoms with Gasteiger partial charge in [-0.05, 0) is 11.0 Å². The Labute approximate surface area is 119 Å². The van der Waals surface area contributed by atoms with Crippen LogP contribution in [-0.2, 0) is 16.1 Å². The highest BCUT2D eigenvalue weighted by Gasteiger charge is 2.20. The van der Waals surface area contributed by atoms with Crippen molar-refractivity contribution in [2.75, 3.05) is 6.54 Å². The molecule has 0 fully saturated rings. The number of hydrogen-bond acceptors (Lipinski definition) is 6. The van der Waals surface area contributed by atoms with Crippen LogP contribution in [0.5, 0.6) is 0 Å². The first-order chi connectivity index (χ1) is 9.86. The number of imidazole rings is 1. The van der Waals surface area contributed by atoms with Crippen LogP contribution in [0.25, 0.3) is 6.08 Å². The molecule has 0 aromatic carbocycles. The van der Waals surface area contributed by atoms with Gasteiger partial charge in [0.2, 0.25) is 11.7 Å². The zero-order valence-electron chi connectivity index (χ0n) is 11.1. The van der Waals surface area contributed by atoms with Crippen molar-refractivity contribution in [2.24, 2.45) is 5.73 Å². The summed E-state index contributed by atoms with van der Waals surface area (Å²) in [5.41, 5.74) is 5.38. The molecule has 0 aliphatic rings. The Kier molecular flexibility index (Phi) is 5.55. The van der Waals surface area contributed by atoms with Gasteiger partial charge in [0.1, 0.15) is 12.7 Å². The van der Waals surface area contributed by atoms with Gasteiger partial charge >= 0.3 is 11.8 Å². The molecule has 1 rings (SSSR count). The van der Waals surface area contributed by atoms with Gasteiger partial charge in [-0.25, -0.2) is 9.55 Å². The lowest BCUT2D eigenvalue weighted by molar-refractivity contribution is -0.392. The van der Waals surface area contributed by atoms with Crippen molar-refractivity contribution in [3.8, 4) is 0 Å². The topological polar surface area (TPSA) is 153 Å². The standard InChI is InChI=1S/C11H15N5O5/c1-2-8-14-6-9(16(20)21)15(8)4-3-13-11(19)7(12)5-10(17)18/h2,6-7H,1,3-5,12H2,(H,13,19)(H,17,18). The van der Waals surface area contributed by atoms with E-state index in [0.29, 0.717) is 5.82 Å². The summed E-state index contributed by atoms with van der Waals surface area (Å²) >= 11 is 0. The zero-order valence-corrected chi connectivity index (χ0v) is 11.1. The molecule has 1 amide bonds. The number of nitro groups is 1. The van der Waals surface area contributed by atoms with Gasteiger partial charge in [0.25, 0.3) is 0 Å². The molecule has 114 valence electrons. The Morgan fingerprint density at radius 1 is 1.67 bits per heavy atom. The molecule has 0 saturated heterocycles. The van der Waals surface area contributed by atoms with Crippen LogP contribution < -0.4 is 11.1 Å². The molecule has 0 spiro atoms. The molecule has 1 heterocycles. The van der Waals surface area contributed by atoms with Crippen LogP contribution in [0.1, 0.15) is 12.2 Å². The summed E-state index contributed by atoms with van der Waals surface area (Å²) in [7, 11) is 0. The number of nitrogens with two attached hydrogens (primary N) is 1. The molecule has 0 aliphatic carbocycles. The van der Waals surface area contributed by atoms with E-state index in [4.69, 9.17) is 10.8 Å². The quantitative estimate of drug-likeness (QED) is 0.425. The molecule has 0 aliphatic heterocycles. The average Bonchev–Trinajstić information content (AvgIpc) is 2.80. The zero-order chi connectivity index (χ0) is 16.0. The van der Waals surface area contributed by atoms with Crippen LogP contribution in [-0.4, -0.2) is 44.0 Å². The molecule has 21 heavy (non-hydrogen) atoms. The normalized spacial score (nSPS) is 11.7. The molecule has 1 aromatic rings. The molecular weight excluding hydrogens is 282 g/mol. The summed E-state index contributed by atoms with van der Waals surface area (Å²) in [4.78, 5) is 36.0. The minimum Gasteiger partial charge on any atom is -0.481 e. The van der Waals surface area contributed by atoms with Crippen molar-refractivity contribution in [3.63, 3.8) is 0 Å². The maximum Gasteiger partial charge on any atom is 0.343 e. The van der Waals surface area contributed by atoms with Crippen molar-refractivity contribution in [1.82, 2.24) is 14.9 Å². The summed E-state index contributed by atoms with van der Waals surface area (Å²) in [5.74, 6) is -1.75. The molecule has 0 radical (unpaired) electrons. The molecule has 0 saturated carbocycles. The smallest absolute Gasteiger partial charge is 0.343 e. The number of carbonyl (C=O) groups excluding carboxylic acids is 1. The van der Waals surface area contributed by atoms with Crippen LogP contribution in [0.3, 0.4) is 0 Å². The number of nitrogens with zero attached hydrogens (tertiary/aromatic N) is 3. The fourth-order valence-corrected chi connectivity index (χ4v) is 1.62. The first-order valence-corrected chi connectivity index (χ1v) is 5.94. The summed E-state index contributed by atoms with van der Waals surface area (Å²) in [6.45, 7) is 3.62. The van der Waals surface area contributed by atoms with Crippen LogP contribution in [0.15, 0.2) is 12.8 Å². The second-order valence-corrected chi connectivity index (χ2v) is 4.08. The van der Waals surface area contributed by atoms with Gasteiger partial charge in [0.15, 0.2) is 0 Å². The van der Waals surface area contributed by atoms with Crippen molar-refractivity contribution in [2.45, 2.75) is 19.0 Å². The van der Waals surface area contributed by atoms with E-state index in [9.17, 15) is 19.7 Å². The lowest BCUT2D eigenvalue weighted by atomic mass is 10.2. The third kappa shape index (κ3) is 4.38. The number of amides is 1. The van der Waals surface area contributed by atoms with Crippen LogP contribution in [0.2, 0.25) is 0 Å². The lowest BCUT2D eigenvalue weighted by Crippen LogP contribution is -2.43. The van der Waals surface area contributed by atoms with Crippen molar-refractivity contribution < 1.29 is 19.6 Å². The molecule has 1 unspecified atom stereocenters. The maximum atomic E-state index is 11.5. The predicted molar refractivity (Wildman–Crippen MR) is 72.2 cm³/mol. The molecule has 10 heteroatoms. The largest absolute Gasteiger partial charge is 0.481 e. The van der Waals surface area contributed by atoms with E-state index in [1.807, 2.05) is 0 Å². The summed E-state index contributed by atoms with van der Waals surface area (Å²) in [5, 5.41) is 21.7. The van der Waals surface area contributed by atoms with E-state index in [1.165, 1.54) is 10.6 Å². The highest BCUT2D eigenvalue weighted by Crippen LogP contribution is 2.14. The summed E-state index contributed by atoms with van der Waals surface area (Å²) < 4.78 is 1.27.